The summed E-state index contributed by atoms with van der Waals surface area (Å²) < 4.78 is 0. The van der Waals surface area contributed by atoms with Crippen molar-refractivity contribution in [1.29, 1.82) is 0 Å². The van der Waals surface area contributed by atoms with E-state index in [1.165, 1.54) is 10.9 Å². The standard InChI is InChI=1S/C14H13N3O2/c15-11-12(14(19)13(11)18)16-6-5-8-7-17-10-4-2-1-3-9(8)10/h1-4,7,16-17H,5-6,15H2. The second-order valence-electron chi connectivity index (χ2n) is 4.48. The van der Waals surface area contributed by atoms with E-state index in [4.69, 9.17) is 5.73 Å². The maximum atomic E-state index is 11.2. The average Bonchev–Trinajstić information content (AvgIpc) is 2.86. The quantitative estimate of drug-likeness (QED) is 0.607. The maximum Gasteiger partial charge on any atom is 0.253 e. The minimum Gasteiger partial charge on any atom is -0.394 e. The summed E-state index contributed by atoms with van der Waals surface area (Å²) in [6.45, 7) is 0.566. The second-order valence-corrected chi connectivity index (χ2v) is 4.48. The molecule has 96 valence electrons. The lowest BCUT2D eigenvalue weighted by Gasteiger charge is -2.09. The van der Waals surface area contributed by atoms with E-state index >= 15 is 0 Å². The SMILES string of the molecule is Nc1c(NCCc2c[nH]c3ccccc23)c(=O)c1=O. The molecular formula is C14H13N3O2. The molecule has 1 aromatic heterocycles. The molecule has 5 nitrogen and oxygen atoms in total. The molecule has 0 bridgehead atoms. The van der Waals surface area contributed by atoms with Gasteiger partial charge in [0.1, 0.15) is 11.4 Å². The van der Waals surface area contributed by atoms with E-state index in [2.05, 4.69) is 10.3 Å². The summed E-state index contributed by atoms with van der Waals surface area (Å²) in [5, 5.41) is 4.09. The van der Waals surface area contributed by atoms with E-state index in [9.17, 15) is 9.59 Å². The topological polar surface area (TPSA) is 88.0 Å². The Balaban J connectivity index is 1.71. The fraction of sp³-hybridized carbons (Fsp3) is 0.143. The lowest BCUT2D eigenvalue weighted by Crippen LogP contribution is -2.37. The third-order valence-electron chi connectivity index (χ3n) is 3.32. The molecule has 3 rings (SSSR count). The van der Waals surface area contributed by atoms with Crippen molar-refractivity contribution in [2.75, 3.05) is 17.6 Å². The normalized spacial score (nSPS) is 11.2. The minimum atomic E-state index is -0.588. The molecule has 4 N–H and O–H groups in total. The number of benzene rings is 1. The predicted octanol–water partition coefficient (Wildman–Crippen LogP) is 1.00. The minimum absolute atomic E-state index is 0.0453. The molecule has 0 unspecified atom stereocenters. The van der Waals surface area contributed by atoms with Crippen LogP contribution in [0.2, 0.25) is 0 Å². The van der Waals surface area contributed by atoms with Gasteiger partial charge < -0.3 is 16.0 Å². The summed E-state index contributed by atoms with van der Waals surface area (Å²) in [5.74, 6) is 0. The van der Waals surface area contributed by atoms with Crippen molar-refractivity contribution in [2.24, 2.45) is 0 Å². The monoisotopic (exact) mass is 255 g/mol. The van der Waals surface area contributed by atoms with Crippen molar-refractivity contribution in [3.8, 4) is 0 Å². The number of nitrogens with two attached hydrogens (primary N) is 1. The molecule has 1 heterocycles. The summed E-state index contributed by atoms with van der Waals surface area (Å²) >= 11 is 0. The van der Waals surface area contributed by atoms with E-state index in [0.29, 0.717) is 6.54 Å². The Morgan fingerprint density at radius 1 is 1.16 bits per heavy atom. The molecular weight excluding hydrogens is 242 g/mol. The van der Waals surface area contributed by atoms with Gasteiger partial charge in [-0.05, 0) is 18.1 Å². The van der Waals surface area contributed by atoms with Gasteiger partial charge in [-0.2, -0.15) is 0 Å². The largest absolute Gasteiger partial charge is 0.394 e. The van der Waals surface area contributed by atoms with Crippen molar-refractivity contribution < 1.29 is 0 Å². The second kappa shape index (κ2) is 4.28. The van der Waals surface area contributed by atoms with Crippen LogP contribution < -0.4 is 21.9 Å². The summed E-state index contributed by atoms with van der Waals surface area (Å²) in [7, 11) is 0. The lowest BCUT2D eigenvalue weighted by atomic mass is 10.1. The van der Waals surface area contributed by atoms with E-state index in [1.807, 2.05) is 30.5 Å². The fourth-order valence-electron chi connectivity index (χ4n) is 2.25. The van der Waals surface area contributed by atoms with Gasteiger partial charge in [0.15, 0.2) is 0 Å². The number of H-pyrrole nitrogens is 1. The van der Waals surface area contributed by atoms with Crippen LogP contribution in [0.15, 0.2) is 40.1 Å². The predicted molar refractivity (Wildman–Crippen MR) is 76.3 cm³/mol. The first-order chi connectivity index (χ1) is 9.18. The van der Waals surface area contributed by atoms with Gasteiger partial charge in [-0.25, -0.2) is 0 Å². The molecule has 0 amide bonds. The molecule has 0 spiro atoms. The van der Waals surface area contributed by atoms with E-state index in [-0.39, 0.29) is 11.4 Å². The van der Waals surface area contributed by atoms with Gasteiger partial charge in [0.05, 0.1) is 0 Å². The highest BCUT2D eigenvalue weighted by molar-refractivity contribution is 5.83. The first-order valence-corrected chi connectivity index (χ1v) is 6.06. The van der Waals surface area contributed by atoms with Crippen LogP contribution in [-0.2, 0) is 6.42 Å². The summed E-state index contributed by atoms with van der Waals surface area (Å²) in [6, 6.07) is 8.03. The number of rotatable bonds is 4. The van der Waals surface area contributed by atoms with Gasteiger partial charge in [0.2, 0.25) is 0 Å². The summed E-state index contributed by atoms with van der Waals surface area (Å²) in [6.07, 6.45) is 2.71. The van der Waals surface area contributed by atoms with Gasteiger partial charge in [0, 0.05) is 23.6 Å². The van der Waals surface area contributed by atoms with Crippen molar-refractivity contribution >= 4 is 22.3 Å². The van der Waals surface area contributed by atoms with Crippen LogP contribution in [0.25, 0.3) is 10.9 Å². The highest BCUT2D eigenvalue weighted by atomic mass is 16.2. The molecule has 3 aromatic rings. The maximum absolute atomic E-state index is 11.2. The van der Waals surface area contributed by atoms with E-state index in [1.54, 1.807) is 0 Å². The van der Waals surface area contributed by atoms with Gasteiger partial charge in [-0.1, -0.05) is 18.2 Å². The Kier molecular flexibility index (Phi) is 2.59. The molecule has 19 heavy (non-hydrogen) atoms. The third-order valence-corrected chi connectivity index (χ3v) is 3.32. The molecule has 5 heteroatoms. The highest BCUT2D eigenvalue weighted by Crippen LogP contribution is 2.18. The number of anilines is 2. The first kappa shape index (κ1) is 11.5. The van der Waals surface area contributed by atoms with Crippen LogP contribution >= 0.6 is 0 Å². The number of aromatic amines is 1. The highest BCUT2D eigenvalue weighted by Gasteiger charge is 2.16. The molecule has 0 saturated carbocycles. The fourth-order valence-corrected chi connectivity index (χ4v) is 2.25. The molecule has 0 radical (unpaired) electrons. The van der Waals surface area contributed by atoms with Crippen LogP contribution in [0.1, 0.15) is 5.56 Å². The Morgan fingerprint density at radius 3 is 2.74 bits per heavy atom. The summed E-state index contributed by atoms with van der Waals surface area (Å²) in [4.78, 5) is 25.4. The Hall–Kier alpha value is -2.56. The van der Waals surface area contributed by atoms with Crippen LogP contribution in [0.3, 0.4) is 0 Å². The Morgan fingerprint density at radius 2 is 1.95 bits per heavy atom. The Bertz CT molecular complexity index is 810. The Labute approximate surface area is 108 Å². The zero-order valence-electron chi connectivity index (χ0n) is 10.2. The van der Waals surface area contributed by atoms with Crippen molar-refractivity contribution in [1.82, 2.24) is 4.98 Å². The zero-order chi connectivity index (χ0) is 13.4. The van der Waals surface area contributed by atoms with Crippen molar-refractivity contribution in [2.45, 2.75) is 6.42 Å². The van der Waals surface area contributed by atoms with Crippen LogP contribution in [0.5, 0.6) is 0 Å². The number of aromatic nitrogens is 1. The van der Waals surface area contributed by atoms with Crippen molar-refractivity contribution in [3.05, 3.63) is 56.5 Å². The molecule has 0 aliphatic rings. The van der Waals surface area contributed by atoms with E-state index < -0.39 is 10.9 Å². The zero-order valence-corrected chi connectivity index (χ0v) is 10.2. The third kappa shape index (κ3) is 1.79. The summed E-state index contributed by atoms with van der Waals surface area (Å²) in [5.41, 5.74) is 6.90. The molecule has 0 atom stereocenters. The average molecular weight is 255 g/mol. The van der Waals surface area contributed by atoms with Gasteiger partial charge in [-0.3, -0.25) is 9.59 Å². The first-order valence-electron chi connectivity index (χ1n) is 6.06. The number of hydrogen-bond acceptors (Lipinski definition) is 4. The molecule has 0 fully saturated rings. The van der Waals surface area contributed by atoms with E-state index in [0.717, 1.165) is 11.9 Å². The van der Waals surface area contributed by atoms with Gasteiger partial charge in [0.25, 0.3) is 10.9 Å². The lowest BCUT2D eigenvalue weighted by molar-refractivity contribution is 1.02. The van der Waals surface area contributed by atoms with Crippen LogP contribution in [-0.4, -0.2) is 11.5 Å². The molecule has 0 aliphatic carbocycles. The number of fused-ring (bicyclic) bond motifs is 1. The van der Waals surface area contributed by atoms with Crippen LogP contribution in [0.4, 0.5) is 11.4 Å². The molecule has 0 saturated heterocycles. The molecule has 0 aliphatic heterocycles. The van der Waals surface area contributed by atoms with Crippen molar-refractivity contribution in [3.63, 3.8) is 0 Å². The number of nitrogen functional groups attached to an aromatic ring is 1. The molecule has 2 aromatic carbocycles. The van der Waals surface area contributed by atoms with Gasteiger partial charge in [-0.15, -0.1) is 0 Å². The van der Waals surface area contributed by atoms with Crippen LogP contribution in [0, 0.1) is 0 Å². The number of hydrogen-bond donors (Lipinski definition) is 3. The smallest absolute Gasteiger partial charge is 0.253 e. The number of nitrogens with one attached hydrogen (secondary N) is 2. The van der Waals surface area contributed by atoms with Gasteiger partial charge >= 0.3 is 0 Å². The number of para-hydroxylation sites is 1.